The monoisotopic (exact) mass is 540 g/mol. The molecule has 0 bridgehead atoms. The lowest BCUT2D eigenvalue weighted by Crippen LogP contribution is -2.49. The number of nitrogens with one attached hydrogen (secondary N) is 3. The summed E-state index contributed by atoms with van der Waals surface area (Å²) in [4.78, 5) is 63.5. The number of nitrogens with zero attached hydrogens (tertiary/aromatic N) is 1. The summed E-state index contributed by atoms with van der Waals surface area (Å²) >= 11 is 0. The number of carbonyl (C=O) groups excluding carboxylic acids is 4. The molecule has 2 aromatic rings. The van der Waals surface area contributed by atoms with Gasteiger partial charge >= 0.3 is 12.1 Å². The Morgan fingerprint density at radius 1 is 0.897 bits per heavy atom. The van der Waals surface area contributed by atoms with Crippen molar-refractivity contribution in [2.75, 3.05) is 38.2 Å². The van der Waals surface area contributed by atoms with E-state index >= 15 is 0 Å². The second-order valence-electron chi connectivity index (χ2n) is 9.62. The van der Waals surface area contributed by atoms with Crippen LogP contribution in [-0.2, 0) is 30.3 Å². The Labute approximate surface area is 227 Å². The van der Waals surface area contributed by atoms with Crippen LogP contribution in [0, 0.1) is 0 Å². The number of alkyl carbamates (subject to hydrolysis) is 1. The van der Waals surface area contributed by atoms with E-state index in [1.165, 1.54) is 18.1 Å². The molecular formula is C28H36N4O7. The average molecular weight is 541 g/mol. The molecule has 0 aliphatic rings. The van der Waals surface area contributed by atoms with Gasteiger partial charge in [-0.2, -0.15) is 0 Å². The van der Waals surface area contributed by atoms with Gasteiger partial charge in [-0.15, -0.1) is 0 Å². The van der Waals surface area contributed by atoms with Crippen LogP contribution in [0.5, 0.6) is 0 Å². The van der Waals surface area contributed by atoms with Gasteiger partial charge < -0.3 is 30.3 Å². The van der Waals surface area contributed by atoms with Gasteiger partial charge in [-0.3, -0.25) is 14.4 Å². The van der Waals surface area contributed by atoms with E-state index in [9.17, 15) is 24.0 Å². The molecular weight excluding hydrogens is 504 g/mol. The normalized spacial score (nSPS) is 11.5. The first kappa shape index (κ1) is 30.8. The minimum atomic E-state index is -0.926. The van der Waals surface area contributed by atoms with Crippen molar-refractivity contribution in [2.24, 2.45) is 0 Å². The molecule has 39 heavy (non-hydrogen) atoms. The number of hydrogen-bond donors (Lipinski definition) is 3. The Bertz CT molecular complexity index is 1180. The smallest absolute Gasteiger partial charge is 0.407 e. The lowest BCUT2D eigenvalue weighted by Gasteiger charge is -2.24. The third kappa shape index (κ3) is 11.7. The minimum absolute atomic E-state index is 0.0982. The van der Waals surface area contributed by atoms with Crippen molar-refractivity contribution in [3.8, 4) is 0 Å². The zero-order chi connectivity index (χ0) is 28.8. The van der Waals surface area contributed by atoms with Gasteiger partial charge in [0.15, 0.2) is 0 Å². The standard InChI is InChI=1S/C28H36N4O7/c1-28(2,3)39-27(37)29-15-16-32(22-13-9-6-10-14-23(22)33)19-25(35)30-18-24(34)31-21(26(36)38-4)17-20-11-7-5-8-12-20/h5-14,21H,15-19H2,1-4H3,(H,29,37)(H,30,35)(H,31,34)/t21-/m0/s1. The number of hydrogen-bond acceptors (Lipinski definition) is 8. The number of amides is 3. The molecule has 2 aromatic carbocycles. The van der Waals surface area contributed by atoms with Crippen molar-refractivity contribution in [1.82, 2.24) is 16.0 Å². The van der Waals surface area contributed by atoms with Crippen molar-refractivity contribution in [3.63, 3.8) is 0 Å². The first-order chi connectivity index (χ1) is 18.5. The van der Waals surface area contributed by atoms with Crippen molar-refractivity contribution in [2.45, 2.75) is 38.8 Å². The first-order valence-corrected chi connectivity index (χ1v) is 12.5. The number of carbonyl (C=O) groups is 4. The molecule has 1 atom stereocenters. The fourth-order valence-corrected chi connectivity index (χ4v) is 3.51. The highest BCUT2D eigenvalue weighted by molar-refractivity contribution is 5.89. The number of rotatable bonds is 12. The third-order valence-corrected chi connectivity index (χ3v) is 5.25. The highest BCUT2D eigenvalue weighted by atomic mass is 16.6. The maximum absolute atomic E-state index is 12.7. The van der Waals surface area contributed by atoms with E-state index in [1.54, 1.807) is 45.0 Å². The van der Waals surface area contributed by atoms with Crippen LogP contribution in [-0.4, -0.2) is 68.8 Å². The largest absolute Gasteiger partial charge is 0.467 e. The second-order valence-corrected chi connectivity index (χ2v) is 9.62. The molecule has 2 rings (SSSR count). The molecule has 0 saturated carbocycles. The predicted octanol–water partition coefficient (Wildman–Crippen LogP) is 1.39. The van der Waals surface area contributed by atoms with Crippen LogP contribution in [0.4, 0.5) is 10.5 Å². The van der Waals surface area contributed by atoms with E-state index in [-0.39, 0.29) is 37.2 Å². The molecule has 0 aliphatic carbocycles. The quantitative estimate of drug-likeness (QED) is 0.343. The van der Waals surface area contributed by atoms with Crippen molar-refractivity contribution in [3.05, 3.63) is 76.5 Å². The van der Waals surface area contributed by atoms with Gasteiger partial charge in [0.1, 0.15) is 11.6 Å². The summed E-state index contributed by atoms with van der Waals surface area (Å²) in [7, 11) is 1.23. The van der Waals surface area contributed by atoms with Gasteiger partial charge in [0.2, 0.25) is 17.2 Å². The topological polar surface area (TPSA) is 143 Å². The lowest BCUT2D eigenvalue weighted by molar-refractivity contribution is -0.145. The molecule has 3 amide bonds. The van der Waals surface area contributed by atoms with Crippen LogP contribution in [0.15, 0.2) is 65.5 Å². The summed E-state index contributed by atoms with van der Waals surface area (Å²) in [6, 6.07) is 16.1. The van der Waals surface area contributed by atoms with Gasteiger partial charge in [-0.25, -0.2) is 9.59 Å². The van der Waals surface area contributed by atoms with Gasteiger partial charge in [-0.1, -0.05) is 48.5 Å². The van der Waals surface area contributed by atoms with E-state index in [0.717, 1.165) is 5.56 Å². The first-order valence-electron chi connectivity index (χ1n) is 12.5. The van der Waals surface area contributed by atoms with Crippen molar-refractivity contribution >= 4 is 29.6 Å². The molecule has 11 heteroatoms. The highest BCUT2D eigenvalue weighted by Gasteiger charge is 2.23. The Balaban J connectivity index is 2.00. The molecule has 0 aromatic heterocycles. The number of anilines is 1. The highest BCUT2D eigenvalue weighted by Crippen LogP contribution is 2.08. The fraction of sp³-hybridized carbons (Fsp3) is 0.393. The number of methoxy groups -OCH3 is 1. The Morgan fingerprint density at radius 3 is 2.18 bits per heavy atom. The molecule has 3 N–H and O–H groups in total. The molecule has 0 spiro atoms. The van der Waals surface area contributed by atoms with Crippen LogP contribution in [0.25, 0.3) is 0 Å². The van der Waals surface area contributed by atoms with E-state index in [0.29, 0.717) is 0 Å². The van der Waals surface area contributed by atoms with Crippen LogP contribution >= 0.6 is 0 Å². The molecule has 0 heterocycles. The maximum atomic E-state index is 12.7. The van der Waals surface area contributed by atoms with Crippen LogP contribution in [0.1, 0.15) is 26.3 Å². The minimum Gasteiger partial charge on any atom is -0.467 e. The Morgan fingerprint density at radius 2 is 1.54 bits per heavy atom. The summed E-state index contributed by atoms with van der Waals surface area (Å²) in [5.74, 6) is -1.73. The van der Waals surface area contributed by atoms with Crippen LogP contribution in [0.2, 0.25) is 0 Å². The summed E-state index contributed by atoms with van der Waals surface area (Å²) in [6.07, 6.45) is -0.400. The molecule has 210 valence electrons. The zero-order valence-electron chi connectivity index (χ0n) is 22.7. The molecule has 0 unspecified atom stereocenters. The van der Waals surface area contributed by atoms with E-state index in [2.05, 4.69) is 16.0 Å². The SMILES string of the molecule is COC(=O)[C@H](Cc1ccccc1)NC(=O)CNC(=O)CN(CCNC(=O)OC(C)(C)C)c1cccccc1=O. The second kappa shape index (κ2) is 15.1. The van der Waals surface area contributed by atoms with Gasteiger partial charge in [0.25, 0.3) is 0 Å². The van der Waals surface area contributed by atoms with Crippen LogP contribution < -0.4 is 26.3 Å². The molecule has 0 radical (unpaired) electrons. The van der Waals surface area contributed by atoms with E-state index < -0.39 is 42.1 Å². The molecule has 11 nitrogen and oxygen atoms in total. The number of benzene rings is 1. The summed E-state index contributed by atoms with van der Waals surface area (Å²) in [5.41, 5.74) is 0.0919. The third-order valence-electron chi connectivity index (χ3n) is 5.25. The van der Waals surface area contributed by atoms with Crippen LogP contribution in [0.3, 0.4) is 0 Å². The zero-order valence-corrected chi connectivity index (χ0v) is 22.7. The fourth-order valence-electron chi connectivity index (χ4n) is 3.51. The molecule has 0 aliphatic heterocycles. The van der Waals surface area contributed by atoms with Gasteiger partial charge in [0, 0.05) is 19.5 Å². The predicted molar refractivity (Wildman–Crippen MR) is 146 cm³/mol. The Hall–Kier alpha value is -4.41. The molecule has 0 fully saturated rings. The van der Waals surface area contributed by atoms with E-state index in [1.807, 2.05) is 30.3 Å². The number of ether oxygens (including phenoxy) is 2. The number of esters is 1. The summed E-state index contributed by atoms with van der Waals surface area (Å²) in [6.45, 7) is 4.79. The van der Waals surface area contributed by atoms with Crippen molar-refractivity contribution in [1.29, 1.82) is 0 Å². The average Bonchev–Trinajstić information content (AvgIpc) is 3.09. The van der Waals surface area contributed by atoms with E-state index in [4.69, 9.17) is 9.47 Å². The van der Waals surface area contributed by atoms with Gasteiger partial charge in [-0.05, 0) is 38.5 Å². The Kier molecular flexibility index (Phi) is 11.9. The summed E-state index contributed by atoms with van der Waals surface area (Å²) in [5, 5.41) is 7.69. The summed E-state index contributed by atoms with van der Waals surface area (Å²) < 4.78 is 10.0. The molecule has 0 saturated heterocycles. The maximum Gasteiger partial charge on any atom is 0.407 e. The van der Waals surface area contributed by atoms with Crippen molar-refractivity contribution < 1.29 is 28.7 Å². The lowest BCUT2D eigenvalue weighted by atomic mass is 10.1. The van der Waals surface area contributed by atoms with Gasteiger partial charge in [0.05, 0.1) is 25.9 Å².